The zero-order chi connectivity index (χ0) is 14.7. The molecule has 0 saturated carbocycles. The minimum atomic E-state index is 0.286. The van der Waals surface area contributed by atoms with Gasteiger partial charge >= 0.3 is 0 Å². The van der Waals surface area contributed by atoms with Crippen LogP contribution in [-0.2, 0) is 13.2 Å². The van der Waals surface area contributed by atoms with Crippen LogP contribution in [0.15, 0.2) is 47.0 Å². The number of para-hydroxylation sites is 1. The largest absolute Gasteiger partial charge is 0.484 e. The van der Waals surface area contributed by atoms with Crippen molar-refractivity contribution in [3.8, 4) is 11.6 Å². The molecule has 21 heavy (non-hydrogen) atoms. The third kappa shape index (κ3) is 2.55. The van der Waals surface area contributed by atoms with Crippen LogP contribution < -0.4 is 15.2 Å². The van der Waals surface area contributed by atoms with Gasteiger partial charge in [-0.05, 0) is 24.3 Å². The van der Waals surface area contributed by atoms with E-state index < -0.39 is 0 Å². The number of ether oxygens (including phenoxy) is 2. The van der Waals surface area contributed by atoms with Crippen LogP contribution in [0.1, 0.15) is 11.3 Å². The average molecular weight is 284 g/mol. The van der Waals surface area contributed by atoms with Gasteiger partial charge in [0, 0.05) is 6.20 Å². The molecule has 5 nitrogen and oxygen atoms in total. The summed E-state index contributed by atoms with van der Waals surface area (Å²) in [5, 5.41) is 0.917. The molecular formula is C16H16N2O3. The van der Waals surface area contributed by atoms with Crippen molar-refractivity contribution in [1.29, 1.82) is 0 Å². The fourth-order valence-electron chi connectivity index (χ4n) is 2.23. The van der Waals surface area contributed by atoms with Crippen LogP contribution in [0.25, 0.3) is 11.0 Å². The summed E-state index contributed by atoms with van der Waals surface area (Å²) in [7, 11) is 1.59. The smallest absolute Gasteiger partial charge is 0.219 e. The third-order valence-corrected chi connectivity index (χ3v) is 3.22. The predicted molar refractivity (Wildman–Crippen MR) is 79.2 cm³/mol. The highest BCUT2D eigenvalue weighted by molar-refractivity contribution is 5.85. The van der Waals surface area contributed by atoms with E-state index in [0.717, 1.165) is 16.5 Å². The molecule has 5 heteroatoms. The van der Waals surface area contributed by atoms with Gasteiger partial charge in [-0.25, -0.2) is 4.98 Å². The fourth-order valence-corrected chi connectivity index (χ4v) is 2.23. The molecule has 0 aliphatic heterocycles. The summed E-state index contributed by atoms with van der Waals surface area (Å²) in [5.74, 6) is 1.87. The van der Waals surface area contributed by atoms with Crippen molar-refractivity contribution < 1.29 is 13.9 Å². The summed E-state index contributed by atoms with van der Waals surface area (Å²) >= 11 is 0. The van der Waals surface area contributed by atoms with Crippen LogP contribution in [0.5, 0.6) is 11.6 Å². The maximum atomic E-state index is 5.92. The molecule has 108 valence electrons. The Balaban J connectivity index is 1.91. The number of benzene rings is 1. The summed E-state index contributed by atoms with van der Waals surface area (Å²) in [6, 6.07) is 11.5. The molecule has 0 bridgehead atoms. The lowest BCUT2D eigenvalue weighted by atomic mass is 10.2. The molecule has 0 spiro atoms. The summed E-state index contributed by atoms with van der Waals surface area (Å²) in [5.41, 5.74) is 7.37. The molecule has 0 aliphatic carbocycles. The SMILES string of the molecule is COc1ncccc1COc1c(CN)oc2ccccc12. The highest BCUT2D eigenvalue weighted by Gasteiger charge is 2.15. The van der Waals surface area contributed by atoms with Gasteiger partial charge in [-0.1, -0.05) is 12.1 Å². The number of nitrogens with two attached hydrogens (primary N) is 1. The van der Waals surface area contributed by atoms with Gasteiger partial charge in [-0.15, -0.1) is 0 Å². The Kier molecular flexibility index (Phi) is 3.75. The zero-order valence-electron chi connectivity index (χ0n) is 11.7. The highest BCUT2D eigenvalue weighted by atomic mass is 16.5. The van der Waals surface area contributed by atoms with E-state index in [1.54, 1.807) is 13.3 Å². The van der Waals surface area contributed by atoms with Crippen molar-refractivity contribution in [1.82, 2.24) is 4.98 Å². The number of fused-ring (bicyclic) bond motifs is 1. The second kappa shape index (κ2) is 5.85. The molecule has 0 amide bonds. The molecule has 2 heterocycles. The molecule has 0 radical (unpaired) electrons. The van der Waals surface area contributed by atoms with Crippen LogP contribution in [-0.4, -0.2) is 12.1 Å². The third-order valence-electron chi connectivity index (χ3n) is 3.22. The predicted octanol–water partition coefficient (Wildman–Crippen LogP) is 2.87. The Morgan fingerprint density at radius 1 is 1.19 bits per heavy atom. The topological polar surface area (TPSA) is 70.5 Å². The number of hydrogen-bond acceptors (Lipinski definition) is 5. The minimum absolute atomic E-state index is 0.286. The first-order valence-corrected chi connectivity index (χ1v) is 6.64. The van der Waals surface area contributed by atoms with Gasteiger partial charge in [0.05, 0.1) is 24.6 Å². The van der Waals surface area contributed by atoms with Gasteiger partial charge in [-0.3, -0.25) is 0 Å². The number of furan rings is 1. The van der Waals surface area contributed by atoms with Crippen LogP contribution in [0.2, 0.25) is 0 Å². The van der Waals surface area contributed by atoms with Crippen LogP contribution in [0, 0.1) is 0 Å². The van der Waals surface area contributed by atoms with Gasteiger partial charge in [0.1, 0.15) is 12.2 Å². The Bertz CT molecular complexity index is 752. The van der Waals surface area contributed by atoms with Gasteiger partial charge < -0.3 is 19.6 Å². The van der Waals surface area contributed by atoms with E-state index in [0.29, 0.717) is 24.0 Å². The summed E-state index contributed by atoms with van der Waals surface area (Å²) in [6.07, 6.45) is 1.68. The van der Waals surface area contributed by atoms with Crippen molar-refractivity contribution in [2.75, 3.05) is 7.11 Å². The Hall–Kier alpha value is -2.53. The second-order valence-electron chi connectivity index (χ2n) is 4.52. The number of hydrogen-bond donors (Lipinski definition) is 1. The maximum Gasteiger partial charge on any atom is 0.219 e. The molecule has 2 aromatic heterocycles. The van der Waals surface area contributed by atoms with Crippen LogP contribution in [0.4, 0.5) is 0 Å². The lowest BCUT2D eigenvalue weighted by Crippen LogP contribution is -2.02. The first kappa shape index (κ1) is 13.5. The summed E-state index contributed by atoms with van der Waals surface area (Å²) < 4.78 is 16.8. The molecule has 1 aromatic carbocycles. The van der Waals surface area contributed by atoms with E-state index >= 15 is 0 Å². The lowest BCUT2D eigenvalue weighted by molar-refractivity contribution is 0.288. The monoisotopic (exact) mass is 284 g/mol. The van der Waals surface area contributed by atoms with Crippen molar-refractivity contribution >= 4 is 11.0 Å². The van der Waals surface area contributed by atoms with E-state index in [1.807, 2.05) is 36.4 Å². The van der Waals surface area contributed by atoms with Crippen molar-refractivity contribution in [3.63, 3.8) is 0 Å². The average Bonchev–Trinajstić information content (AvgIpc) is 2.91. The first-order chi connectivity index (χ1) is 10.3. The highest BCUT2D eigenvalue weighted by Crippen LogP contribution is 2.33. The van der Waals surface area contributed by atoms with Crippen molar-refractivity contribution in [2.45, 2.75) is 13.2 Å². The maximum absolute atomic E-state index is 5.92. The number of nitrogens with zero attached hydrogens (tertiary/aromatic N) is 1. The molecule has 2 N–H and O–H groups in total. The van der Waals surface area contributed by atoms with Crippen LogP contribution in [0.3, 0.4) is 0 Å². The Morgan fingerprint density at radius 2 is 2.05 bits per heavy atom. The van der Waals surface area contributed by atoms with E-state index in [2.05, 4.69) is 4.98 Å². The number of methoxy groups -OCH3 is 1. The van der Waals surface area contributed by atoms with E-state index in [1.165, 1.54) is 0 Å². The molecule has 0 aliphatic rings. The lowest BCUT2D eigenvalue weighted by Gasteiger charge is -2.09. The van der Waals surface area contributed by atoms with Gasteiger partial charge in [-0.2, -0.15) is 0 Å². The van der Waals surface area contributed by atoms with Gasteiger partial charge in [0.2, 0.25) is 5.88 Å². The summed E-state index contributed by atoms with van der Waals surface area (Å²) in [4.78, 5) is 4.15. The second-order valence-corrected chi connectivity index (χ2v) is 4.52. The van der Waals surface area contributed by atoms with Gasteiger partial charge in [0.15, 0.2) is 11.5 Å². The van der Waals surface area contributed by atoms with Crippen LogP contribution >= 0.6 is 0 Å². The Labute approximate surface area is 122 Å². The number of pyridine rings is 1. The molecule has 0 atom stereocenters. The van der Waals surface area contributed by atoms with Gasteiger partial charge in [0.25, 0.3) is 0 Å². The normalized spacial score (nSPS) is 10.8. The standard InChI is InChI=1S/C16H16N2O3/c1-19-16-11(5-4-8-18-16)10-20-15-12-6-2-3-7-13(12)21-14(15)9-17/h2-8H,9-10,17H2,1H3. The van der Waals surface area contributed by atoms with E-state index in [-0.39, 0.29) is 6.54 Å². The quantitative estimate of drug-likeness (QED) is 0.780. The van der Waals surface area contributed by atoms with Crippen molar-refractivity contribution in [2.24, 2.45) is 5.73 Å². The molecule has 0 fully saturated rings. The van der Waals surface area contributed by atoms with E-state index in [9.17, 15) is 0 Å². The molecular weight excluding hydrogens is 268 g/mol. The van der Waals surface area contributed by atoms with E-state index in [4.69, 9.17) is 19.6 Å². The molecule has 3 rings (SSSR count). The number of aromatic nitrogens is 1. The summed E-state index contributed by atoms with van der Waals surface area (Å²) in [6.45, 7) is 0.627. The van der Waals surface area contributed by atoms with Crippen molar-refractivity contribution in [3.05, 3.63) is 53.9 Å². The first-order valence-electron chi connectivity index (χ1n) is 6.64. The zero-order valence-corrected chi connectivity index (χ0v) is 11.7. The molecule has 0 unspecified atom stereocenters. The molecule has 0 saturated heterocycles. The number of rotatable bonds is 5. The Morgan fingerprint density at radius 3 is 2.86 bits per heavy atom. The minimum Gasteiger partial charge on any atom is -0.484 e. The molecule has 3 aromatic rings. The fraction of sp³-hybridized carbons (Fsp3) is 0.188.